The zero-order valence-electron chi connectivity index (χ0n) is 11.5. The molecule has 0 bridgehead atoms. The first-order valence-corrected chi connectivity index (χ1v) is 6.31. The maximum absolute atomic E-state index is 11.0. The van der Waals surface area contributed by atoms with Crippen molar-refractivity contribution in [3.05, 3.63) is 47.5 Å². The Bertz CT molecular complexity index is 573. The van der Waals surface area contributed by atoms with Gasteiger partial charge in [0.2, 0.25) is 0 Å². The molecule has 0 atom stereocenters. The van der Waals surface area contributed by atoms with E-state index in [4.69, 9.17) is 4.74 Å². The fraction of sp³-hybridized carbons (Fsp3) is 0.333. The quantitative estimate of drug-likeness (QED) is 0.774. The molecule has 4 heteroatoms. The molecule has 2 rings (SSSR count). The van der Waals surface area contributed by atoms with E-state index in [1.807, 2.05) is 25.1 Å². The summed E-state index contributed by atoms with van der Waals surface area (Å²) < 4.78 is 7.78. The normalized spacial score (nSPS) is 10.7. The number of aromatic nitrogens is 2. The van der Waals surface area contributed by atoms with Gasteiger partial charge >= 0.3 is 0 Å². The second-order valence-corrected chi connectivity index (χ2v) is 4.83. The van der Waals surface area contributed by atoms with Crippen LogP contribution in [0.1, 0.15) is 41.5 Å². The standard InChI is InChI=1S/C15H18N2O2/c1-11(2)17-10-16-7-14(17)9-19-15-5-4-12(3)6-13(15)8-18/h4-8,10-11H,9H2,1-3H3. The van der Waals surface area contributed by atoms with Crippen molar-refractivity contribution in [1.29, 1.82) is 0 Å². The minimum atomic E-state index is 0.338. The summed E-state index contributed by atoms with van der Waals surface area (Å²) in [5, 5.41) is 0. The lowest BCUT2D eigenvalue weighted by atomic mass is 10.1. The Balaban J connectivity index is 2.14. The molecule has 1 heterocycles. The molecule has 0 aliphatic heterocycles. The largest absolute Gasteiger partial charge is 0.487 e. The minimum absolute atomic E-state index is 0.338. The van der Waals surface area contributed by atoms with Crippen molar-refractivity contribution >= 4 is 6.29 Å². The van der Waals surface area contributed by atoms with Crippen molar-refractivity contribution < 1.29 is 9.53 Å². The second-order valence-electron chi connectivity index (χ2n) is 4.83. The second kappa shape index (κ2) is 5.69. The van der Waals surface area contributed by atoms with Crippen molar-refractivity contribution in [3.8, 4) is 5.75 Å². The summed E-state index contributed by atoms with van der Waals surface area (Å²) in [6.07, 6.45) is 4.40. The third-order valence-corrected chi connectivity index (χ3v) is 2.97. The van der Waals surface area contributed by atoms with E-state index in [1.54, 1.807) is 12.5 Å². The molecule has 0 N–H and O–H groups in total. The van der Waals surface area contributed by atoms with E-state index >= 15 is 0 Å². The van der Waals surface area contributed by atoms with Gasteiger partial charge in [0.05, 0.1) is 23.8 Å². The fourth-order valence-corrected chi connectivity index (χ4v) is 1.95. The van der Waals surface area contributed by atoms with Crippen LogP contribution in [0.2, 0.25) is 0 Å². The Morgan fingerprint density at radius 3 is 2.89 bits per heavy atom. The number of carbonyl (C=O) groups excluding carboxylic acids is 1. The van der Waals surface area contributed by atoms with Gasteiger partial charge < -0.3 is 9.30 Å². The third-order valence-electron chi connectivity index (χ3n) is 2.97. The summed E-state index contributed by atoms with van der Waals surface area (Å²) in [7, 11) is 0. The highest BCUT2D eigenvalue weighted by molar-refractivity contribution is 5.79. The number of ether oxygens (including phenoxy) is 1. The molecule has 0 fully saturated rings. The zero-order chi connectivity index (χ0) is 13.8. The average Bonchev–Trinajstić information content (AvgIpc) is 2.85. The van der Waals surface area contributed by atoms with E-state index < -0.39 is 0 Å². The number of imidazole rings is 1. The van der Waals surface area contributed by atoms with Gasteiger partial charge in [0, 0.05) is 6.04 Å². The summed E-state index contributed by atoms with van der Waals surface area (Å²) in [5.74, 6) is 0.608. The smallest absolute Gasteiger partial charge is 0.153 e. The molecule has 4 nitrogen and oxygen atoms in total. The summed E-state index contributed by atoms with van der Waals surface area (Å²) in [6, 6.07) is 5.92. The molecule has 0 saturated heterocycles. The van der Waals surface area contributed by atoms with E-state index in [0.29, 0.717) is 24.0 Å². The van der Waals surface area contributed by atoms with Gasteiger partial charge in [-0.05, 0) is 32.9 Å². The van der Waals surface area contributed by atoms with E-state index in [1.165, 1.54) is 0 Å². The van der Waals surface area contributed by atoms with Crippen LogP contribution in [0.4, 0.5) is 0 Å². The first kappa shape index (κ1) is 13.3. The SMILES string of the molecule is Cc1ccc(OCc2cncn2C(C)C)c(C=O)c1. The Labute approximate surface area is 113 Å². The topological polar surface area (TPSA) is 44.1 Å². The predicted octanol–water partition coefficient (Wildman–Crippen LogP) is 3.16. The zero-order valence-corrected chi connectivity index (χ0v) is 11.5. The summed E-state index contributed by atoms with van der Waals surface area (Å²) in [5.41, 5.74) is 2.62. The molecule has 0 amide bonds. The molecule has 0 saturated carbocycles. The van der Waals surface area contributed by atoms with E-state index in [-0.39, 0.29) is 0 Å². The summed E-state index contributed by atoms with van der Waals surface area (Å²) in [4.78, 5) is 15.1. The summed E-state index contributed by atoms with van der Waals surface area (Å²) >= 11 is 0. The number of nitrogens with zero attached hydrogens (tertiary/aromatic N) is 2. The maximum atomic E-state index is 11.0. The number of carbonyl (C=O) groups is 1. The van der Waals surface area contributed by atoms with Crippen molar-refractivity contribution in [2.45, 2.75) is 33.4 Å². The molecule has 0 spiro atoms. The average molecular weight is 258 g/mol. The van der Waals surface area contributed by atoms with Gasteiger partial charge in [-0.15, -0.1) is 0 Å². The number of benzene rings is 1. The van der Waals surface area contributed by atoms with Crippen LogP contribution in [0.3, 0.4) is 0 Å². The first-order chi connectivity index (χ1) is 9.11. The minimum Gasteiger partial charge on any atom is -0.487 e. The Morgan fingerprint density at radius 2 is 2.21 bits per heavy atom. The molecular weight excluding hydrogens is 240 g/mol. The van der Waals surface area contributed by atoms with Crippen molar-refractivity contribution in [2.75, 3.05) is 0 Å². The van der Waals surface area contributed by atoms with Gasteiger partial charge in [-0.2, -0.15) is 0 Å². The van der Waals surface area contributed by atoms with E-state index in [9.17, 15) is 4.79 Å². The van der Waals surface area contributed by atoms with Crippen molar-refractivity contribution in [2.24, 2.45) is 0 Å². The van der Waals surface area contributed by atoms with Crippen LogP contribution in [0.5, 0.6) is 5.75 Å². The van der Waals surface area contributed by atoms with Crippen LogP contribution < -0.4 is 4.74 Å². The van der Waals surface area contributed by atoms with Gasteiger partial charge in [-0.3, -0.25) is 4.79 Å². The lowest BCUT2D eigenvalue weighted by Crippen LogP contribution is -2.07. The monoisotopic (exact) mass is 258 g/mol. The van der Waals surface area contributed by atoms with Crippen molar-refractivity contribution in [1.82, 2.24) is 9.55 Å². The van der Waals surface area contributed by atoms with E-state index in [2.05, 4.69) is 23.4 Å². The number of aldehydes is 1. The number of aryl methyl sites for hydroxylation is 1. The Morgan fingerprint density at radius 1 is 1.42 bits per heavy atom. The number of hydrogen-bond acceptors (Lipinski definition) is 3. The highest BCUT2D eigenvalue weighted by atomic mass is 16.5. The van der Waals surface area contributed by atoms with Crippen molar-refractivity contribution in [3.63, 3.8) is 0 Å². The molecule has 1 aromatic carbocycles. The highest BCUT2D eigenvalue weighted by Gasteiger charge is 2.08. The van der Waals surface area contributed by atoms with Gasteiger partial charge in [0.1, 0.15) is 12.4 Å². The Kier molecular flexibility index (Phi) is 4.00. The van der Waals surface area contributed by atoms with Gasteiger partial charge in [-0.25, -0.2) is 4.98 Å². The van der Waals surface area contributed by atoms with Gasteiger partial charge in [0.15, 0.2) is 6.29 Å². The summed E-state index contributed by atoms with van der Waals surface area (Å²) in [6.45, 7) is 6.54. The number of hydrogen-bond donors (Lipinski definition) is 0. The number of rotatable bonds is 5. The maximum Gasteiger partial charge on any atom is 0.153 e. The molecule has 19 heavy (non-hydrogen) atoms. The van der Waals surface area contributed by atoms with E-state index in [0.717, 1.165) is 17.5 Å². The van der Waals surface area contributed by atoms with Crippen LogP contribution in [0.15, 0.2) is 30.7 Å². The van der Waals surface area contributed by atoms with Gasteiger partial charge in [0.25, 0.3) is 0 Å². The lowest BCUT2D eigenvalue weighted by Gasteiger charge is -2.13. The molecule has 1 aromatic heterocycles. The van der Waals surface area contributed by atoms with Crippen LogP contribution in [0.25, 0.3) is 0 Å². The molecule has 0 aliphatic carbocycles. The Hall–Kier alpha value is -2.10. The van der Waals surface area contributed by atoms with Crippen LogP contribution in [-0.2, 0) is 6.61 Å². The lowest BCUT2D eigenvalue weighted by molar-refractivity contribution is 0.111. The highest BCUT2D eigenvalue weighted by Crippen LogP contribution is 2.20. The molecule has 100 valence electrons. The predicted molar refractivity (Wildman–Crippen MR) is 73.5 cm³/mol. The molecule has 2 aromatic rings. The molecule has 0 aliphatic rings. The fourth-order valence-electron chi connectivity index (χ4n) is 1.95. The molecule has 0 radical (unpaired) electrons. The van der Waals surface area contributed by atoms with Crippen LogP contribution in [0, 0.1) is 6.92 Å². The third kappa shape index (κ3) is 3.02. The molecular formula is C15H18N2O2. The molecule has 0 unspecified atom stereocenters. The first-order valence-electron chi connectivity index (χ1n) is 6.31. The van der Waals surface area contributed by atoms with Crippen LogP contribution in [-0.4, -0.2) is 15.8 Å². The van der Waals surface area contributed by atoms with Crippen LogP contribution >= 0.6 is 0 Å². The van der Waals surface area contributed by atoms with Gasteiger partial charge in [-0.1, -0.05) is 11.6 Å².